The summed E-state index contributed by atoms with van der Waals surface area (Å²) in [6, 6.07) is 0. The Morgan fingerprint density at radius 1 is 1.55 bits per heavy atom. The van der Waals surface area contributed by atoms with Crippen LogP contribution in [0.2, 0.25) is 0 Å². The number of halogens is 1. The molecule has 0 radical (unpaired) electrons. The van der Waals surface area contributed by atoms with E-state index in [0.717, 1.165) is 19.4 Å². The van der Waals surface area contributed by atoms with Crippen LogP contribution in [0.3, 0.4) is 0 Å². The predicted octanol–water partition coefficient (Wildman–Crippen LogP) is 1.48. The number of thioether (sulfide) groups is 1. The van der Waals surface area contributed by atoms with Gasteiger partial charge in [-0.2, -0.15) is 11.8 Å². The van der Waals surface area contributed by atoms with Crippen molar-refractivity contribution in [3.8, 4) is 0 Å². The normalized spacial score (nSPS) is 9.64. The fourth-order valence-electron chi connectivity index (χ4n) is 0.629. The van der Waals surface area contributed by atoms with Crippen molar-refractivity contribution in [1.29, 1.82) is 0 Å². The highest BCUT2D eigenvalue weighted by atomic mass is 35.5. The Morgan fingerprint density at radius 2 is 2.27 bits per heavy atom. The van der Waals surface area contributed by atoms with E-state index in [1.54, 1.807) is 0 Å². The van der Waals surface area contributed by atoms with E-state index in [-0.39, 0.29) is 5.91 Å². The van der Waals surface area contributed by atoms with E-state index in [0.29, 0.717) is 11.6 Å². The van der Waals surface area contributed by atoms with E-state index in [1.165, 1.54) is 11.8 Å². The van der Waals surface area contributed by atoms with E-state index in [1.807, 2.05) is 6.26 Å². The number of hydrogen-bond donors (Lipinski definition) is 1. The highest BCUT2D eigenvalue weighted by Gasteiger charge is 1.96. The number of unbranched alkanes of at least 4 members (excludes halogenated alkanes) is 1. The average Bonchev–Trinajstić information content (AvgIpc) is 1.99. The molecule has 0 aromatic rings. The van der Waals surface area contributed by atoms with Crippen LogP contribution in [0.25, 0.3) is 0 Å². The SMILES string of the molecule is CSCC(=O)NCCCCCl. The fraction of sp³-hybridized carbons (Fsp3) is 0.857. The Kier molecular flexibility index (Phi) is 8.29. The van der Waals surface area contributed by atoms with E-state index in [2.05, 4.69) is 5.32 Å². The summed E-state index contributed by atoms with van der Waals surface area (Å²) in [5.74, 6) is 1.35. The molecule has 0 spiro atoms. The van der Waals surface area contributed by atoms with E-state index in [9.17, 15) is 4.79 Å². The van der Waals surface area contributed by atoms with Gasteiger partial charge in [-0.15, -0.1) is 11.6 Å². The first-order valence-electron chi connectivity index (χ1n) is 3.63. The predicted molar refractivity (Wildman–Crippen MR) is 51.3 cm³/mol. The first-order chi connectivity index (χ1) is 5.31. The topological polar surface area (TPSA) is 29.1 Å². The van der Waals surface area contributed by atoms with Crippen LogP contribution in [0.4, 0.5) is 0 Å². The molecule has 4 heteroatoms. The Bertz CT molecular complexity index is 111. The van der Waals surface area contributed by atoms with E-state index < -0.39 is 0 Å². The molecule has 0 atom stereocenters. The van der Waals surface area contributed by atoms with Crippen molar-refractivity contribution in [1.82, 2.24) is 5.32 Å². The molecule has 0 fully saturated rings. The molecule has 2 nitrogen and oxygen atoms in total. The van der Waals surface area contributed by atoms with Crippen LogP contribution in [-0.4, -0.2) is 30.3 Å². The molecule has 0 aliphatic carbocycles. The number of hydrogen-bond acceptors (Lipinski definition) is 2. The second-order valence-electron chi connectivity index (χ2n) is 2.18. The van der Waals surface area contributed by atoms with Gasteiger partial charge < -0.3 is 5.32 Å². The van der Waals surface area contributed by atoms with Crippen LogP contribution >= 0.6 is 23.4 Å². The lowest BCUT2D eigenvalue weighted by Gasteiger charge is -2.01. The summed E-state index contributed by atoms with van der Waals surface area (Å²) in [6.07, 6.45) is 3.86. The maximum Gasteiger partial charge on any atom is 0.229 e. The van der Waals surface area contributed by atoms with Crippen molar-refractivity contribution in [3.05, 3.63) is 0 Å². The molecule has 0 aromatic carbocycles. The molecule has 0 bridgehead atoms. The van der Waals surface area contributed by atoms with Crippen molar-refractivity contribution in [2.45, 2.75) is 12.8 Å². The third kappa shape index (κ3) is 8.01. The number of amides is 1. The number of nitrogens with one attached hydrogen (secondary N) is 1. The molecular weight excluding hydrogens is 182 g/mol. The van der Waals surface area contributed by atoms with Crippen LogP contribution < -0.4 is 5.32 Å². The van der Waals surface area contributed by atoms with E-state index >= 15 is 0 Å². The smallest absolute Gasteiger partial charge is 0.229 e. The van der Waals surface area contributed by atoms with Crippen molar-refractivity contribution in [2.24, 2.45) is 0 Å². The summed E-state index contributed by atoms with van der Waals surface area (Å²) in [6.45, 7) is 0.756. The highest BCUT2D eigenvalue weighted by molar-refractivity contribution is 7.99. The molecule has 0 rings (SSSR count). The summed E-state index contributed by atoms with van der Waals surface area (Å²) in [7, 11) is 0. The van der Waals surface area contributed by atoms with Crippen molar-refractivity contribution < 1.29 is 4.79 Å². The Hall–Kier alpha value is 0.110. The molecule has 0 aliphatic rings. The quantitative estimate of drug-likeness (QED) is 0.514. The summed E-state index contributed by atoms with van der Waals surface area (Å²) in [5.41, 5.74) is 0. The van der Waals surface area contributed by atoms with Gasteiger partial charge in [0.25, 0.3) is 0 Å². The largest absolute Gasteiger partial charge is 0.355 e. The monoisotopic (exact) mass is 195 g/mol. The van der Waals surface area contributed by atoms with Gasteiger partial charge in [0.05, 0.1) is 5.75 Å². The van der Waals surface area contributed by atoms with Crippen molar-refractivity contribution in [2.75, 3.05) is 24.4 Å². The second-order valence-corrected chi connectivity index (χ2v) is 3.42. The lowest BCUT2D eigenvalue weighted by Crippen LogP contribution is -2.26. The molecule has 11 heavy (non-hydrogen) atoms. The van der Waals surface area contributed by atoms with Gasteiger partial charge in [-0.05, 0) is 19.1 Å². The molecular formula is C7H14ClNOS. The van der Waals surface area contributed by atoms with Gasteiger partial charge in [0.1, 0.15) is 0 Å². The molecule has 0 saturated heterocycles. The summed E-state index contributed by atoms with van der Waals surface area (Å²) >= 11 is 7.00. The van der Waals surface area contributed by atoms with Gasteiger partial charge >= 0.3 is 0 Å². The number of alkyl halides is 1. The summed E-state index contributed by atoms with van der Waals surface area (Å²) in [4.78, 5) is 10.8. The third-order valence-corrected chi connectivity index (χ3v) is 1.98. The van der Waals surface area contributed by atoms with Gasteiger partial charge in [0, 0.05) is 12.4 Å². The molecule has 66 valence electrons. The number of rotatable bonds is 6. The molecule has 0 unspecified atom stereocenters. The minimum Gasteiger partial charge on any atom is -0.355 e. The molecule has 0 aliphatic heterocycles. The standard InChI is InChI=1S/C7H14ClNOS/c1-11-6-7(10)9-5-3-2-4-8/h2-6H2,1H3,(H,9,10). The molecule has 0 saturated carbocycles. The fourth-order valence-corrected chi connectivity index (χ4v) is 1.18. The van der Waals surface area contributed by atoms with Gasteiger partial charge in [-0.1, -0.05) is 0 Å². The van der Waals surface area contributed by atoms with Crippen LogP contribution in [0, 0.1) is 0 Å². The Labute approximate surface area is 77.1 Å². The second kappa shape index (κ2) is 8.21. The van der Waals surface area contributed by atoms with E-state index in [4.69, 9.17) is 11.6 Å². The molecule has 0 aromatic heterocycles. The Morgan fingerprint density at radius 3 is 2.82 bits per heavy atom. The lowest BCUT2D eigenvalue weighted by atomic mass is 10.3. The molecule has 0 heterocycles. The minimum absolute atomic E-state index is 0.118. The highest BCUT2D eigenvalue weighted by Crippen LogP contribution is 1.91. The van der Waals surface area contributed by atoms with Crippen LogP contribution in [0.5, 0.6) is 0 Å². The first kappa shape index (κ1) is 11.1. The molecule has 1 amide bonds. The average molecular weight is 196 g/mol. The van der Waals surface area contributed by atoms with Crippen molar-refractivity contribution in [3.63, 3.8) is 0 Å². The maximum absolute atomic E-state index is 10.8. The minimum atomic E-state index is 0.118. The van der Waals surface area contributed by atoms with Gasteiger partial charge in [0.15, 0.2) is 0 Å². The molecule has 1 N–H and O–H groups in total. The zero-order chi connectivity index (χ0) is 8.53. The van der Waals surface area contributed by atoms with Gasteiger partial charge in [0.2, 0.25) is 5.91 Å². The third-order valence-electron chi connectivity index (χ3n) is 1.16. The van der Waals surface area contributed by atoms with Gasteiger partial charge in [-0.25, -0.2) is 0 Å². The zero-order valence-corrected chi connectivity index (χ0v) is 8.30. The number of carbonyl (C=O) groups is 1. The van der Waals surface area contributed by atoms with Crippen molar-refractivity contribution >= 4 is 29.3 Å². The van der Waals surface area contributed by atoms with Gasteiger partial charge in [-0.3, -0.25) is 4.79 Å². The Balaban J connectivity index is 3.04. The van der Waals surface area contributed by atoms with Crippen LogP contribution in [-0.2, 0) is 4.79 Å². The number of carbonyl (C=O) groups excluding carboxylic acids is 1. The lowest BCUT2D eigenvalue weighted by molar-refractivity contribution is -0.118. The van der Waals surface area contributed by atoms with Crippen LogP contribution in [0.1, 0.15) is 12.8 Å². The summed E-state index contributed by atoms with van der Waals surface area (Å²) in [5, 5.41) is 2.80. The zero-order valence-electron chi connectivity index (χ0n) is 6.73. The first-order valence-corrected chi connectivity index (χ1v) is 5.55. The maximum atomic E-state index is 10.8. The van der Waals surface area contributed by atoms with Crippen LogP contribution in [0.15, 0.2) is 0 Å². The summed E-state index contributed by atoms with van der Waals surface area (Å²) < 4.78 is 0.